The van der Waals surface area contributed by atoms with Crippen LogP contribution in [0.1, 0.15) is 51.4 Å². The molecule has 0 spiro atoms. The van der Waals surface area contributed by atoms with E-state index in [-0.39, 0.29) is 24.1 Å². The summed E-state index contributed by atoms with van der Waals surface area (Å²) in [5.41, 5.74) is 0.669. The zero-order valence-electron chi connectivity index (χ0n) is 15.1. The molecule has 0 fully saturated rings. The molecule has 0 aromatic heterocycles. The molecule has 6 nitrogen and oxygen atoms in total. The zero-order chi connectivity index (χ0) is 18.3. The van der Waals surface area contributed by atoms with E-state index in [0.29, 0.717) is 23.6 Å². The molecular weight excluding hydrogens is 306 g/mol. The van der Waals surface area contributed by atoms with Gasteiger partial charge in [-0.3, -0.25) is 4.79 Å². The molecule has 0 unspecified atom stereocenters. The number of nitrogens with one attached hydrogen (secondary N) is 3. The van der Waals surface area contributed by atoms with Crippen molar-refractivity contribution in [3.05, 3.63) is 29.8 Å². The van der Waals surface area contributed by atoms with Crippen molar-refractivity contribution in [3.8, 4) is 0 Å². The Kier molecular flexibility index (Phi) is 7.22. The van der Waals surface area contributed by atoms with E-state index in [1.165, 1.54) is 0 Å². The number of hydrogen-bond acceptors (Lipinski definition) is 3. The van der Waals surface area contributed by atoms with Crippen molar-refractivity contribution >= 4 is 17.6 Å². The number of carbonyl (C=O) groups is 2. The van der Waals surface area contributed by atoms with Crippen molar-refractivity contribution < 1.29 is 14.7 Å². The number of hydrogen-bond donors (Lipinski definition) is 4. The van der Waals surface area contributed by atoms with Gasteiger partial charge >= 0.3 is 6.03 Å². The summed E-state index contributed by atoms with van der Waals surface area (Å²) in [5.74, 6) is 0.173. The maximum absolute atomic E-state index is 12.2. The van der Waals surface area contributed by atoms with Crippen LogP contribution in [0.15, 0.2) is 24.3 Å². The van der Waals surface area contributed by atoms with Gasteiger partial charge in [0.1, 0.15) is 0 Å². The van der Waals surface area contributed by atoms with Crippen molar-refractivity contribution in [3.63, 3.8) is 0 Å². The smallest absolute Gasteiger partial charge is 0.319 e. The van der Waals surface area contributed by atoms with Crippen LogP contribution in [-0.4, -0.2) is 35.2 Å². The molecule has 0 radical (unpaired) electrons. The third-order valence-electron chi connectivity index (χ3n) is 3.18. The van der Waals surface area contributed by atoms with E-state index in [2.05, 4.69) is 16.0 Å². The van der Waals surface area contributed by atoms with Gasteiger partial charge < -0.3 is 21.1 Å². The molecule has 0 saturated carbocycles. The molecule has 0 aliphatic heterocycles. The molecule has 6 heteroatoms. The van der Waals surface area contributed by atoms with Gasteiger partial charge in [-0.1, -0.05) is 19.9 Å². The fourth-order valence-electron chi connectivity index (χ4n) is 2.25. The normalized spacial score (nSPS) is 12.6. The fraction of sp³-hybridized carbons (Fsp3) is 0.556. The van der Waals surface area contributed by atoms with Crippen molar-refractivity contribution in [1.29, 1.82) is 0 Å². The van der Waals surface area contributed by atoms with Crippen molar-refractivity contribution in [2.24, 2.45) is 5.92 Å². The molecule has 0 aliphatic rings. The number of aliphatic hydroxyl groups is 1. The lowest BCUT2D eigenvalue weighted by Gasteiger charge is -2.21. The van der Waals surface area contributed by atoms with Crippen molar-refractivity contribution in [2.75, 3.05) is 11.9 Å². The molecule has 1 aromatic carbocycles. The first-order valence-corrected chi connectivity index (χ1v) is 8.21. The van der Waals surface area contributed by atoms with E-state index in [1.807, 2.05) is 34.6 Å². The average Bonchev–Trinajstić information content (AvgIpc) is 2.44. The third-order valence-corrected chi connectivity index (χ3v) is 3.18. The Morgan fingerprint density at radius 2 is 1.88 bits per heavy atom. The van der Waals surface area contributed by atoms with Crippen LogP contribution < -0.4 is 16.0 Å². The summed E-state index contributed by atoms with van der Waals surface area (Å²) in [6.45, 7) is 9.66. The second kappa shape index (κ2) is 8.68. The molecule has 1 atom stereocenters. The Balaban J connectivity index is 2.70. The summed E-state index contributed by atoms with van der Waals surface area (Å²) < 4.78 is 0. The van der Waals surface area contributed by atoms with Crippen LogP contribution >= 0.6 is 0 Å². The van der Waals surface area contributed by atoms with E-state index in [0.717, 1.165) is 0 Å². The highest BCUT2D eigenvalue weighted by atomic mass is 16.3. The first-order valence-electron chi connectivity index (χ1n) is 8.21. The fourth-order valence-corrected chi connectivity index (χ4v) is 2.25. The van der Waals surface area contributed by atoms with Gasteiger partial charge in [0.25, 0.3) is 5.91 Å². The molecule has 24 heavy (non-hydrogen) atoms. The topological polar surface area (TPSA) is 90.5 Å². The molecular formula is C18H29N3O3. The molecule has 0 saturated heterocycles. The standard InChI is InChI=1S/C18H29N3O3/c1-12(2)9-15(11-22)20-17(24)19-14-8-6-7-13(10-14)16(23)21-18(3,4)5/h6-8,10,12,15,22H,9,11H2,1-5H3,(H,21,23)(H2,19,20,24)/t15-/m1/s1. The summed E-state index contributed by atoms with van der Waals surface area (Å²) in [7, 11) is 0. The number of benzene rings is 1. The van der Waals surface area contributed by atoms with Gasteiger partial charge in [0.15, 0.2) is 0 Å². The Labute approximate surface area is 144 Å². The van der Waals surface area contributed by atoms with Crippen LogP contribution in [0, 0.1) is 5.92 Å². The Morgan fingerprint density at radius 1 is 1.21 bits per heavy atom. The second-order valence-corrected chi connectivity index (χ2v) is 7.39. The lowest BCUT2D eigenvalue weighted by Crippen LogP contribution is -2.41. The average molecular weight is 335 g/mol. The minimum absolute atomic E-state index is 0.111. The van der Waals surface area contributed by atoms with Crippen LogP contribution in [0.3, 0.4) is 0 Å². The van der Waals surface area contributed by atoms with Crippen LogP contribution in [0.25, 0.3) is 0 Å². The summed E-state index contributed by atoms with van der Waals surface area (Å²) in [5, 5.41) is 17.6. The maximum Gasteiger partial charge on any atom is 0.319 e. The lowest BCUT2D eigenvalue weighted by molar-refractivity contribution is 0.0919. The number of carbonyl (C=O) groups excluding carboxylic acids is 2. The molecule has 0 aliphatic carbocycles. The third kappa shape index (κ3) is 7.46. The quantitative estimate of drug-likeness (QED) is 0.644. The highest BCUT2D eigenvalue weighted by Crippen LogP contribution is 2.12. The molecule has 3 amide bonds. The monoisotopic (exact) mass is 335 g/mol. The Morgan fingerprint density at radius 3 is 2.42 bits per heavy atom. The van der Waals surface area contributed by atoms with Gasteiger partial charge in [0.2, 0.25) is 0 Å². The number of aliphatic hydroxyl groups excluding tert-OH is 1. The number of amides is 3. The van der Waals surface area contributed by atoms with Gasteiger partial charge in [0.05, 0.1) is 12.6 Å². The van der Waals surface area contributed by atoms with Crippen molar-refractivity contribution in [1.82, 2.24) is 10.6 Å². The molecule has 134 valence electrons. The number of urea groups is 1. The first-order chi connectivity index (χ1) is 11.1. The van der Waals surface area contributed by atoms with E-state index >= 15 is 0 Å². The maximum atomic E-state index is 12.2. The minimum atomic E-state index is -0.400. The molecule has 0 bridgehead atoms. The van der Waals surface area contributed by atoms with Gasteiger partial charge in [-0.05, 0) is 51.3 Å². The summed E-state index contributed by atoms with van der Waals surface area (Å²) in [6, 6.07) is 6.05. The van der Waals surface area contributed by atoms with Crippen LogP contribution in [0.2, 0.25) is 0 Å². The highest BCUT2D eigenvalue weighted by molar-refractivity contribution is 5.97. The minimum Gasteiger partial charge on any atom is -0.394 e. The Hall–Kier alpha value is -2.08. The van der Waals surface area contributed by atoms with Gasteiger partial charge in [-0.15, -0.1) is 0 Å². The zero-order valence-corrected chi connectivity index (χ0v) is 15.1. The highest BCUT2D eigenvalue weighted by Gasteiger charge is 2.16. The number of anilines is 1. The lowest BCUT2D eigenvalue weighted by atomic mass is 10.0. The summed E-state index contributed by atoms with van der Waals surface area (Å²) in [6.07, 6.45) is 0.692. The van der Waals surface area contributed by atoms with Crippen LogP contribution in [0.4, 0.5) is 10.5 Å². The van der Waals surface area contributed by atoms with Gasteiger partial charge in [-0.25, -0.2) is 4.79 Å². The predicted octanol–water partition coefficient (Wildman–Crippen LogP) is 2.74. The van der Waals surface area contributed by atoms with E-state index < -0.39 is 6.03 Å². The molecule has 4 N–H and O–H groups in total. The summed E-state index contributed by atoms with van der Waals surface area (Å²) in [4.78, 5) is 24.2. The largest absolute Gasteiger partial charge is 0.394 e. The number of rotatable bonds is 6. The molecule has 1 rings (SSSR count). The van der Waals surface area contributed by atoms with Crippen LogP contribution in [-0.2, 0) is 0 Å². The van der Waals surface area contributed by atoms with Gasteiger partial charge in [0, 0.05) is 16.8 Å². The molecule has 0 heterocycles. The van der Waals surface area contributed by atoms with E-state index in [1.54, 1.807) is 24.3 Å². The predicted molar refractivity (Wildman–Crippen MR) is 96.1 cm³/mol. The van der Waals surface area contributed by atoms with E-state index in [9.17, 15) is 14.7 Å². The SMILES string of the molecule is CC(C)C[C@H](CO)NC(=O)Nc1cccc(C(=O)NC(C)(C)C)c1. The van der Waals surface area contributed by atoms with Crippen LogP contribution in [0.5, 0.6) is 0 Å². The van der Waals surface area contributed by atoms with Gasteiger partial charge in [-0.2, -0.15) is 0 Å². The van der Waals surface area contributed by atoms with Crippen molar-refractivity contribution in [2.45, 2.75) is 52.6 Å². The molecule has 1 aromatic rings. The second-order valence-electron chi connectivity index (χ2n) is 7.39. The van der Waals surface area contributed by atoms with E-state index in [4.69, 9.17) is 0 Å². The first kappa shape index (κ1) is 20.0. The summed E-state index contributed by atoms with van der Waals surface area (Å²) >= 11 is 0. The Bertz CT molecular complexity index is 565.